The molecule has 1 aromatic heterocycles. The van der Waals surface area contributed by atoms with Gasteiger partial charge in [0, 0.05) is 17.8 Å². The van der Waals surface area contributed by atoms with Crippen LogP contribution in [0.3, 0.4) is 0 Å². The van der Waals surface area contributed by atoms with Gasteiger partial charge in [-0.25, -0.2) is 0 Å². The molecular formula is C14H13N3O2. The minimum absolute atomic E-state index is 0.519. The third kappa shape index (κ3) is 2.63. The van der Waals surface area contributed by atoms with Crippen LogP contribution < -0.4 is 9.47 Å². The quantitative estimate of drug-likeness (QED) is 0.837. The number of hydrogen-bond acceptors (Lipinski definition) is 5. The van der Waals surface area contributed by atoms with Crippen molar-refractivity contribution in [1.82, 2.24) is 10.2 Å². The monoisotopic (exact) mass is 255 g/mol. The molecule has 0 N–H and O–H groups in total. The normalized spacial score (nSPS) is 11.4. The molecule has 0 bridgehead atoms. The van der Waals surface area contributed by atoms with Gasteiger partial charge in [-0.3, -0.25) is 0 Å². The molecule has 0 aliphatic carbocycles. The van der Waals surface area contributed by atoms with E-state index >= 15 is 0 Å². The second kappa shape index (κ2) is 5.83. The van der Waals surface area contributed by atoms with E-state index in [1.807, 2.05) is 0 Å². The van der Waals surface area contributed by atoms with E-state index in [2.05, 4.69) is 16.3 Å². The lowest BCUT2D eigenvalue weighted by atomic mass is 9.96. The fourth-order valence-corrected chi connectivity index (χ4v) is 1.82. The first-order valence-electron chi connectivity index (χ1n) is 5.69. The number of methoxy groups -OCH3 is 2. The van der Waals surface area contributed by atoms with E-state index in [4.69, 9.17) is 9.47 Å². The maximum absolute atomic E-state index is 9.37. The van der Waals surface area contributed by atoms with Crippen molar-refractivity contribution in [1.29, 1.82) is 5.26 Å². The first kappa shape index (κ1) is 12.8. The molecule has 96 valence electrons. The summed E-state index contributed by atoms with van der Waals surface area (Å²) in [5.74, 6) is 0.752. The molecular weight excluding hydrogens is 242 g/mol. The standard InChI is InChI=1S/C14H13N3O2/c1-18-10-5-6-11(14(8-10)19-2)12(9-15)13-4-3-7-16-17-13/h3-8,12H,1-2H3. The van der Waals surface area contributed by atoms with Crippen molar-refractivity contribution in [3.63, 3.8) is 0 Å². The van der Waals surface area contributed by atoms with Gasteiger partial charge in [-0.2, -0.15) is 15.5 Å². The Bertz CT molecular complexity index is 593. The predicted molar refractivity (Wildman–Crippen MR) is 69.0 cm³/mol. The van der Waals surface area contributed by atoms with Crippen LogP contribution in [0, 0.1) is 11.3 Å². The summed E-state index contributed by atoms with van der Waals surface area (Å²) >= 11 is 0. The minimum Gasteiger partial charge on any atom is -0.497 e. The summed E-state index contributed by atoms with van der Waals surface area (Å²) in [6, 6.07) is 11.1. The van der Waals surface area contributed by atoms with Crippen molar-refractivity contribution in [3.8, 4) is 17.6 Å². The summed E-state index contributed by atoms with van der Waals surface area (Å²) < 4.78 is 10.5. The average Bonchev–Trinajstić information content (AvgIpc) is 2.49. The van der Waals surface area contributed by atoms with Crippen molar-refractivity contribution >= 4 is 0 Å². The Balaban J connectivity index is 2.47. The lowest BCUT2D eigenvalue weighted by Crippen LogP contribution is -2.04. The molecule has 5 nitrogen and oxygen atoms in total. The number of aromatic nitrogens is 2. The van der Waals surface area contributed by atoms with Crippen LogP contribution in [0.4, 0.5) is 0 Å². The minimum atomic E-state index is -0.519. The van der Waals surface area contributed by atoms with E-state index in [0.29, 0.717) is 17.2 Å². The molecule has 2 aromatic rings. The van der Waals surface area contributed by atoms with Crippen LogP contribution in [0.15, 0.2) is 36.5 Å². The van der Waals surface area contributed by atoms with Gasteiger partial charge < -0.3 is 9.47 Å². The summed E-state index contributed by atoms with van der Waals surface area (Å²) in [5, 5.41) is 17.2. The molecule has 1 heterocycles. The summed E-state index contributed by atoms with van der Waals surface area (Å²) in [4.78, 5) is 0. The fourth-order valence-electron chi connectivity index (χ4n) is 1.82. The first-order chi connectivity index (χ1) is 9.30. The highest BCUT2D eigenvalue weighted by molar-refractivity contribution is 5.47. The van der Waals surface area contributed by atoms with Gasteiger partial charge in [0.2, 0.25) is 0 Å². The van der Waals surface area contributed by atoms with Crippen molar-refractivity contribution in [2.75, 3.05) is 14.2 Å². The molecule has 1 unspecified atom stereocenters. The van der Waals surface area contributed by atoms with Crippen LogP contribution in [0.25, 0.3) is 0 Å². The van der Waals surface area contributed by atoms with Gasteiger partial charge in [0.05, 0.1) is 26.0 Å². The van der Waals surface area contributed by atoms with Gasteiger partial charge in [-0.05, 0) is 24.3 Å². The van der Waals surface area contributed by atoms with Crippen molar-refractivity contribution < 1.29 is 9.47 Å². The van der Waals surface area contributed by atoms with Crippen LogP contribution in [0.2, 0.25) is 0 Å². The molecule has 0 fully saturated rings. The molecule has 0 aliphatic heterocycles. The fraction of sp³-hybridized carbons (Fsp3) is 0.214. The lowest BCUT2D eigenvalue weighted by molar-refractivity contribution is 0.391. The summed E-state index contributed by atoms with van der Waals surface area (Å²) in [6.45, 7) is 0. The second-order valence-corrected chi connectivity index (χ2v) is 3.82. The van der Waals surface area contributed by atoms with Crippen molar-refractivity contribution in [3.05, 3.63) is 47.8 Å². The highest BCUT2D eigenvalue weighted by Gasteiger charge is 2.19. The molecule has 5 heteroatoms. The van der Waals surface area contributed by atoms with E-state index < -0.39 is 5.92 Å². The molecule has 0 saturated heterocycles. The molecule has 2 rings (SSSR count). The second-order valence-electron chi connectivity index (χ2n) is 3.82. The Labute approximate surface area is 111 Å². The maximum Gasteiger partial charge on any atom is 0.127 e. The number of nitriles is 1. The molecule has 0 aliphatic rings. The van der Waals surface area contributed by atoms with E-state index in [9.17, 15) is 5.26 Å². The third-order valence-electron chi connectivity index (χ3n) is 2.77. The Morgan fingerprint density at radius 2 is 2.05 bits per heavy atom. The van der Waals surface area contributed by atoms with Crippen molar-refractivity contribution in [2.24, 2.45) is 0 Å². The summed E-state index contributed by atoms with van der Waals surface area (Å²) in [5.41, 5.74) is 1.33. The van der Waals surface area contributed by atoms with E-state index in [-0.39, 0.29) is 0 Å². The van der Waals surface area contributed by atoms with E-state index in [1.54, 1.807) is 50.7 Å². The zero-order valence-corrected chi connectivity index (χ0v) is 10.7. The molecule has 1 aromatic carbocycles. The molecule has 19 heavy (non-hydrogen) atoms. The summed E-state index contributed by atoms with van der Waals surface area (Å²) in [6.07, 6.45) is 1.57. The number of nitrogens with zero attached hydrogens (tertiary/aromatic N) is 3. The number of ether oxygens (including phenoxy) is 2. The SMILES string of the molecule is COc1ccc(C(C#N)c2cccnn2)c(OC)c1. The number of benzene rings is 1. The van der Waals surface area contributed by atoms with Gasteiger partial charge in [-0.1, -0.05) is 0 Å². The third-order valence-corrected chi connectivity index (χ3v) is 2.77. The lowest BCUT2D eigenvalue weighted by Gasteiger charge is -2.13. The molecule has 0 spiro atoms. The maximum atomic E-state index is 9.37. The van der Waals surface area contributed by atoms with Gasteiger partial charge >= 0.3 is 0 Å². The van der Waals surface area contributed by atoms with Gasteiger partial charge in [0.15, 0.2) is 0 Å². The molecule has 1 atom stereocenters. The zero-order chi connectivity index (χ0) is 13.7. The van der Waals surface area contributed by atoms with Crippen LogP contribution in [0.1, 0.15) is 17.2 Å². The highest BCUT2D eigenvalue weighted by Crippen LogP contribution is 2.33. The van der Waals surface area contributed by atoms with Gasteiger partial charge in [-0.15, -0.1) is 0 Å². The van der Waals surface area contributed by atoms with Crippen molar-refractivity contribution in [2.45, 2.75) is 5.92 Å². The number of rotatable bonds is 4. The Kier molecular flexibility index (Phi) is 3.94. The zero-order valence-electron chi connectivity index (χ0n) is 10.7. The van der Waals surface area contributed by atoms with Crippen LogP contribution in [0.5, 0.6) is 11.5 Å². The van der Waals surface area contributed by atoms with Crippen LogP contribution in [-0.2, 0) is 0 Å². The van der Waals surface area contributed by atoms with Gasteiger partial charge in [0.25, 0.3) is 0 Å². The highest BCUT2D eigenvalue weighted by atomic mass is 16.5. The molecule has 0 radical (unpaired) electrons. The van der Waals surface area contributed by atoms with E-state index in [0.717, 1.165) is 5.56 Å². The summed E-state index contributed by atoms with van der Waals surface area (Å²) in [7, 11) is 3.14. The average molecular weight is 255 g/mol. The largest absolute Gasteiger partial charge is 0.497 e. The van der Waals surface area contributed by atoms with E-state index in [1.165, 1.54) is 0 Å². The molecule has 0 saturated carbocycles. The Morgan fingerprint density at radius 1 is 1.21 bits per heavy atom. The van der Waals surface area contributed by atoms with Crippen LogP contribution >= 0.6 is 0 Å². The smallest absolute Gasteiger partial charge is 0.127 e. The molecule has 0 amide bonds. The first-order valence-corrected chi connectivity index (χ1v) is 5.69. The Hall–Kier alpha value is -2.61. The Morgan fingerprint density at radius 3 is 2.63 bits per heavy atom. The van der Waals surface area contributed by atoms with Crippen LogP contribution in [-0.4, -0.2) is 24.4 Å². The number of hydrogen-bond donors (Lipinski definition) is 0. The van der Waals surface area contributed by atoms with Gasteiger partial charge in [0.1, 0.15) is 17.4 Å². The predicted octanol–water partition coefficient (Wildman–Crippen LogP) is 2.15. The topological polar surface area (TPSA) is 68.0 Å².